The predicted molar refractivity (Wildman–Crippen MR) is 98.7 cm³/mol. The number of benzene rings is 1. The third kappa shape index (κ3) is 5.82. The van der Waals surface area contributed by atoms with Gasteiger partial charge in [-0.05, 0) is 57.6 Å². The van der Waals surface area contributed by atoms with Crippen molar-refractivity contribution in [3.63, 3.8) is 0 Å². The van der Waals surface area contributed by atoms with E-state index in [2.05, 4.69) is 33.7 Å². The third-order valence-electron chi connectivity index (χ3n) is 3.03. The van der Waals surface area contributed by atoms with Gasteiger partial charge in [-0.2, -0.15) is 0 Å². The van der Waals surface area contributed by atoms with Crippen molar-refractivity contribution in [2.24, 2.45) is 0 Å². The van der Waals surface area contributed by atoms with Gasteiger partial charge in [0.25, 0.3) is 11.8 Å². The summed E-state index contributed by atoms with van der Waals surface area (Å²) in [4.78, 5) is 24.2. The highest BCUT2D eigenvalue weighted by atomic mass is 79.9. The van der Waals surface area contributed by atoms with E-state index in [1.807, 2.05) is 29.6 Å². The average molecular weight is 409 g/mol. The maximum atomic E-state index is 11.7. The minimum absolute atomic E-state index is 0.195. The summed E-state index contributed by atoms with van der Waals surface area (Å²) in [6.45, 7) is 1.87. The zero-order valence-electron chi connectivity index (χ0n) is 13.0. The van der Waals surface area contributed by atoms with Gasteiger partial charge in [0.2, 0.25) is 0 Å². The van der Waals surface area contributed by atoms with Gasteiger partial charge in [-0.15, -0.1) is 11.3 Å². The number of halogens is 1. The van der Waals surface area contributed by atoms with Gasteiger partial charge < -0.3 is 4.74 Å². The van der Waals surface area contributed by atoms with Crippen molar-refractivity contribution >= 4 is 45.2 Å². The molecule has 0 saturated carbocycles. The topological polar surface area (TPSA) is 67.4 Å². The van der Waals surface area contributed by atoms with Crippen LogP contribution in [0, 0.1) is 0 Å². The van der Waals surface area contributed by atoms with Crippen LogP contribution >= 0.6 is 27.3 Å². The Labute approximate surface area is 152 Å². The molecular weight excluding hydrogens is 392 g/mol. The molecule has 0 fully saturated rings. The van der Waals surface area contributed by atoms with Crippen molar-refractivity contribution in [2.45, 2.75) is 13.3 Å². The van der Waals surface area contributed by atoms with E-state index in [0.29, 0.717) is 5.75 Å². The van der Waals surface area contributed by atoms with E-state index < -0.39 is 11.8 Å². The minimum Gasteiger partial charge on any atom is -0.483 e. The number of carbonyl (C=O) groups excluding carboxylic acids is 2. The molecule has 0 unspecified atom stereocenters. The van der Waals surface area contributed by atoms with Crippen LogP contribution in [-0.2, 0) is 16.0 Å². The van der Waals surface area contributed by atoms with Gasteiger partial charge in [0, 0.05) is 11.0 Å². The lowest BCUT2D eigenvalue weighted by Gasteiger charge is -2.10. The summed E-state index contributed by atoms with van der Waals surface area (Å²) in [5, 5.41) is 1.92. The predicted octanol–water partition coefficient (Wildman–Crippen LogP) is 3.31. The summed E-state index contributed by atoms with van der Waals surface area (Å²) in [7, 11) is 0. The molecule has 2 aromatic rings. The molecule has 0 aliphatic carbocycles. The van der Waals surface area contributed by atoms with Crippen LogP contribution in [0.5, 0.6) is 5.75 Å². The number of nitrogens with one attached hydrogen (secondary N) is 2. The first kappa shape index (κ1) is 18.2. The molecule has 5 nitrogen and oxygen atoms in total. The number of rotatable bonds is 6. The lowest BCUT2D eigenvalue weighted by atomic mass is 10.2. The standard InChI is InChI=1S/C17H17BrN2O3S/c1-2-12-5-7-15(14(18)10-12)23-11-17(22)20-19-16(21)8-6-13-4-3-9-24-13/h3-10H,2,11H2,1H3,(H,19,21)(H,20,22). The van der Waals surface area contributed by atoms with Gasteiger partial charge in [0.1, 0.15) is 5.75 Å². The molecule has 1 aromatic carbocycles. The van der Waals surface area contributed by atoms with Crippen molar-refractivity contribution in [1.82, 2.24) is 10.9 Å². The Hall–Kier alpha value is -2.12. The van der Waals surface area contributed by atoms with Crippen LogP contribution in [0.1, 0.15) is 17.4 Å². The number of hydrogen-bond donors (Lipinski definition) is 2. The van der Waals surface area contributed by atoms with Gasteiger partial charge in [-0.1, -0.05) is 19.1 Å². The largest absolute Gasteiger partial charge is 0.483 e. The zero-order valence-corrected chi connectivity index (χ0v) is 15.4. The van der Waals surface area contributed by atoms with E-state index in [9.17, 15) is 9.59 Å². The second kappa shape index (κ2) is 9.24. The molecule has 0 saturated heterocycles. The molecule has 2 rings (SSSR count). The molecular formula is C17H17BrN2O3S. The molecule has 0 radical (unpaired) electrons. The molecule has 1 aromatic heterocycles. The summed E-state index contributed by atoms with van der Waals surface area (Å²) in [6.07, 6.45) is 3.95. The molecule has 2 amide bonds. The highest BCUT2D eigenvalue weighted by molar-refractivity contribution is 9.10. The molecule has 0 bridgehead atoms. The maximum Gasteiger partial charge on any atom is 0.276 e. The SMILES string of the molecule is CCc1ccc(OCC(=O)NNC(=O)C=Cc2cccs2)c(Br)c1. The Morgan fingerprint density at radius 1 is 1.29 bits per heavy atom. The summed E-state index contributed by atoms with van der Waals surface area (Å²) >= 11 is 4.93. The van der Waals surface area contributed by atoms with Gasteiger partial charge in [0.15, 0.2) is 6.61 Å². The van der Waals surface area contributed by atoms with E-state index in [1.54, 1.807) is 12.1 Å². The monoisotopic (exact) mass is 408 g/mol. The molecule has 1 heterocycles. The van der Waals surface area contributed by atoms with Crippen LogP contribution in [0.3, 0.4) is 0 Å². The van der Waals surface area contributed by atoms with Crippen LogP contribution in [0.25, 0.3) is 6.08 Å². The normalized spacial score (nSPS) is 10.6. The molecule has 0 aliphatic rings. The highest BCUT2D eigenvalue weighted by Crippen LogP contribution is 2.26. The lowest BCUT2D eigenvalue weighted by Crippen LogP contribution is -2.43. The van der Waals surface area contributed by atoms with Crippen LogP contribution in [-0.4, -0.2) is 18.4 Å². The smallest absolute Gasteiger partial charge is 0.276 e. The van der Waals surface area contributed by atoms with Gasteiger partial charge in [-0.3, -0.25) is 20.4 Å². The Morgan fingerprint density at radius 3 is 2.79 bits per heavy atom. The van der Waals surface area contributed by atoms with Crippen LogP contribution < -0.4 is 15.6 Å². The molecule has 126 valence electrons. The van der Waals surface area contributed by atoms with E-state index in [0.717, 1.165) is 15.8 Å². The lowest BCUT2D eigenvalue weighted by molar-refractivity contribution is -0.128. The van der Waals surface area contributed by atoms with Crippen LogP contribution in [0.15, 0.2) is 46.3 Å². The molecule has 0 spiro atoms. The van der Waals surface area contributed by atoms with E-state index >= 15 is 0 Å². The number of aryl methyl sites for hydroxylation is 1. The second-order valence-electron chi connectivity index (χ2n) is 4.79. The Balaban J connectivity index is 1.74. The molecule has 0 atom stereocenters. The van der Waals surface area contributed by atoms with Crippen molar-refractivity contribution in [3.8, 4) is 5.75 Å². The fourth-order valence-corrected chi connectivity index (χ4v) is 2.94. The molecule has 7 heteroatoms. The summed E-state index contributed by atoms with van der Waals surface area (Å²) in [5.41, 5.74) is 5.77. The van der Waals surface area contributed by atoms with Gasteiger partial charge in [0.05, 0.1) is 4.47 Å². The molecule has 0 aliphatic heterocycles. The van der Waals surface area contributed by atoms with E-state index in [-0.39, 0.29) is 6.61 Å². The molecule has 24 heavy (non-hydrogen) atoms. The zero-order chi connectivity index (χ0) is 17.4. The Bertz CT molecular complexity index is 729. The second-order valence-corrected chi connectivity index (χ2v) is 6.63. The first-order valence-corrected chi connectivity index (χ1v) is 8.97. The first-order valence-electron chi connectivity index (χ1n) is 7.30. The van der Waals surface area contributed by atoms with Crippen LogP contribution in [0.4, 0.5) is 0 Å². The fraction of sp³-hybridized carbons (Fsp3) is 0.176. The number of hydrazine groups is 1. The van der Waals surface area contributed by atoms with E-state index in [4.69, 9.17) is 4.74 Å². The van der Waals surface area contributed by atoms with Gasteiger partial charge in [-0.25, -0.2) is 0 Å². The van der Waals surface area contributed by atoms with Gasteiger partial charge >= 0.3 is 0 Å². The first-order chi connectivity index (χ1) is 11.6. The summed E-state index contributed by atoms with van der Waals surface area (Å²) in [5.74, 6) is -0.282. The number of carbonyl (C=O) groups is 2. The Morgan fingerprint density at radius 2 is 2.12 bits per heavy atom. The number of ether oxygens (including phenoxy) is 1. The van der Waals surface area contributed by atoms with Crippen molar-refractivity contribution in [3.05, 3.63) is 56.7 Å². The molecule has 2 N–H and O–H groups in total. The van der Waals surface area contributed by atoms with Crippen molar-refractivity contribution in [2.75, 3.05) is 6.61 Å². The maximum absolute atomic E-state index is 11.7. The Kier molecular flexibility index (Phi) is 7.02. The van der Waals surface area contributed by atoms with Crippen molar-refractivity contribution in [1.29, 1.82) is 0 Å². The highest BCUT2D eigenvalue weighted by Gasteiger charge is 2.07. The number of amides is 2. The van der Waals surface area contributed by atoms with E-state index in [1.165, 1.54) is 23.0 Å². The number of thiophene rings is 1. The summed E-state index contributed by atoms with van der Waals surface area (Å²) in [6, 6.07) is 9.48. The fourth-order valence-electron chi connectivity index (χ4n) is 1.78. The third-order valence-corrected chi connectivity index (χ3v) is 4.49. The van der Waals surface area contributed by atoms with Crippen LogP contribution in [0.2, 0.25) is 0 Å². The summed E-state index contributed by atoms with van der Waals surface area (Å²) < 4.78 is 6.21. The average Bonchev–Trinajstić information content (AvgIpc) is 3.10. The quantitative estimate of drug-likeness (QED) is 0.568. The minimum atomic E-state index is -0.445. The number of hydrogen-bond acceptors (Lipinski definition) is 4. The van der Waals surface area contributed by atoms with Crippen molar-refractivity contribution < 1.29 is 14.3 Å².